The van der Waals surface area contributed by atoms with Gasteiger partial charge in [-0.25, -0.2) is 0 Å². The summed E-state index contributed by atoms with van der Waals surface area (Å²) in [4.78, 5) is 0. The van der Waals surface area contributed by atoms with Crippen molar-refractivity contribution in [1.29, 1.82) is 0 Å². The molecule has 1 aromatic rings. The van der Waals surface area contributed by atoms with Crippen LogP contribution in [0.25, 0.3) is 0 Å². The van der Waals surface area contributed by atoms with Crippen molar-refractivity contribution in [2.24, 2.45) is 0 Å². The quantitative estimate of drug-likeness (QED) is 0.557. The zero-order valence-corrected chi connectivity index (χ0v) is 10.6. The normalized spacial score (nSPS) is 10.5. The van der Waals surface area contributed by atoms with Gasteiger partial charge in [0.25, 0.3) is 0 Å². The van der Waals surface area contributed by atoms with Gasteiger partial charge in [-0.2, -0.15) is 0 Å². The third-order valence-electron chi connectivity index (χ3n) is 2.41. The van der Waals surface area contributed by atoms with Crippen molar-refractivity contribution >= 4 is 5.69 Å². The number of methoxy groups -OCH3 is 1. The van der Waals surface area contributed by atoms with Crippen molar-refractivity contribution in [3.05, 3.63) is 23.8 Å². The van der Waals surface area contributed by atoms with E-state index in [4.69, 9.17) is 19.9 Å². The summed E-state index contributed by atoms with van der Waals surface area (Å²) in [6.45, 7) is 4.51. The van der Waals surface area contributed by atoms with Crippen LogP contribution in [0.4, 0.5) is 5.69 Å². The number of hydrogen-bond donors (Lipinski definition) is 1. The number of nitrogens with two attached hydrogens (primary N) is 1. The van der Waals surface area contributed by atoms with Gasteiger partial charge in [-0.1, -0.05) is 12.1 Å². The number of aryl methyl sites for hydroxylation is 1. The van der Waals surface area contributed by atoms with Gasteiger partial charge in [0, 0.05) is 20.1 Å². The second kappa shape index (κ2) is 7.92. The molecule has 0 unspecified atom stereocenters. The Morgan fingerprint density at radius 1 is 1.12 bits per heavy atom. The van der Waals surface area contributed by atoms with Crippen LogP contribution in [-0.4, -0.2) is 33.5 Å². The minimum atomic E-state index is 0.612. The van der Waals surface area contributed by atoms with Crippen LogP contribution < -0.4 is 10.5 Å². The largest absolute Gasteiger partial charge is 0.491 e. The summed E-state index contributed by atoms with van der Waals surface area (Å²) in [6, 6.07) is 5.79. The molecule has 0 heterocycles. The second-order valence-electron chi connectivity index (χ2n) is 3.79. The average molecular weight is 239 g/mol. The van der Waals surface area contributed by atoms with E-state index in [1.165, 1.54) is 0 Å². The van der Waals surface area contributed by atoms with Gasteiger partial charge in [-0.3, -0.25) is 0 Å². The lowest BCUT2D eigenvalue weighted by atomic mass is 10.2. The molecule has 0 radical (unpaired) electrons. The van der Waals surface area contributed by atoms with E-state index in [2.05, 4.69) is 0 Å². The van der Waals surface area contributed by atoms with E-state index in [0.717, 1.165) is 17.7 Å². The third-order valence-corrected chi connectivity index (χ3v) is 2.41. The molecule has 0 spiro atoms. The summed E-state index contributed by atoms with van der Waals surface area (Å²) in [5.41, 5.74) is 7.65. The van der Waals surface area contributed by atoms with Gasteiger partial charge < -0.3 is 19.9 Å². The molecule has 1 aromatic carbocycles. The van der Waals surface area contributed by atoms with Crippen molar-refractivity contribution in [3.8, 4) is 5.75 Å². The SMILES string of the molecule is COCCOCCCOc1cccc(C)c1N. The first-order valence-electron chi connectivity index (χ1n) is 5.80. The van der Waals surface area contributed by atoms with Gasteiger partial charge in [0.15, 0.2) is 0 Å². The van der Waals surface area contributed by atoms with Crippen LogP contribution in [0.1, 0.15) is 12.0 Å². The lowest BCUT2D eigenvalue weighted by molar-refractivity contribution is 0.0645. The highest BCUT2D eigenvalue weighted by molar-refractivity contribution is 5.57. The molecule has 0 aromatic heterocycles. The van der Waals surface area contributed by atoms with E-state index in [-0.39, 0.29) is 0 Å². The summed E-state index contributed by atoms with van der Waals surface area (Å²) in [5.74, 6) is 0.752. The number of ether oxygens (including phenoxy) is 3. The molecular weight excluding hydrogens is 218 g/mol. The van der Waals surface area contributed by atoms with Crippen LogP contribution in [0.15, 0.2) is 18.2 Å². The van der Waals surface area contributed by atoms with Crippen molar-refractivity contribution in [2.75, 3.05) is 39.3 Å². The van der Waals surface area contributed by atoms with E-state index in [1.54, 1.807) is 7.11 Å². The van der Waals surface area contributed by atoms with Crippen molar-refractivity contribution in [3.63, 3.8) is 0 Å². The Hall–Kier alpha value is -1.26. The topological polar surface area (TPSA) is 53.7 Å². The molecule has 1 rings (SSSR count). The minimum Gasteiger partial charge on any atom is -0.491 e. The number of rotatable bonds is 8. The lowest BCUT2D eigenvalue weighted by Gasteiger charge is -2.10. The summed E-state index contributed by atoms with van der Waals surface area (Å²) >= 11 is 0. The fraction of sp³-hybridized carbons (Fsp3) is 0.538. The number of para-hydroxylation sites is 1. The highest BCUT2D eigenvalue weighted by Gasteiger charge is 2.01. The average Bonchev–Trinajstić information content (AvgIpc) is 2.33. The predicted molar refractivity (Wildman–Crippen MR) is 68.4 cm³/mol. The molecule has 4 heteroatoms. The van der Waals surface area contributed by atoms with Crippen LogP contribution in [0, 0.1) is 6.92 Å². The highest BCUT2D eigenvalue weighted by atomic mass is 16.5. The maximum Gasteiger partial charge on any atom is 0.142 e. The molecule has 0 fully saturated rings. The summed E-state index contributed by atoms with van der Waals surface area (Å²) in [7, 11) is 1.66. The molecule has 0 aliphatic rings. The maximum atomic E-state index is 5.89. The monoisotopic (exact) mass is 239 g/mol. The minimum absolute atomic E-state index is 0.612. The number of anilines is 1. The second-order valence-corrected chi connectivity index (χ2v) is 3.79. The van der Waals surface area contributed by atoms with Crippen LogP contribution in [0.3, 0.4) is 0 Å². The Labute approximate surface area is 103 Å². The Morgan fingerprint density at radius 3 is 2.71 bits per heavy atom. The lowest BCUT2D eigenvalue weighted by Crippen LogP contribution is -2.07. The van der Waals surface area contributed by atoms with E-state index >= 15 is 0 Å². The fourth-order valence-corrected chi connectivity index (χ4v) is 1.37. The molecule has 0 bridgehead atoms. The van der Waals surface area contributed by atoms with Gasteiger partial charge >= 0.3 is 0 Å². The molecule has 0 saturated heterocycles. The Balaban J connectivity index is 2.16. The zero-order chi connectivity index (χ0) is 12.5. The van der Waals surface area contributed by atoms with E-state index in [9.17, 15) is 0 Å². The Morgan fingerprint density at radius 2 is 1.94 bits per heavy atom. The molecule has 17 heavy (non-hydrogen) atoms. The summed E-state index contributed by atoms with van der Waals surface area (Å²) < 4.78 is 15.8. The van der Waals surface area contributed by atoms with E-state index < -0.39 is 0 Å². The molecule has 2 N–H and O–H groups in total. The molecular formula is C13H21NO3. The maximum absolute atomic E-state index is 5.89. The van der Waals surface area contributed by atoms with Crippen molar-refractivity contribution < 1.29 is 14.2 Å². The van der Waals surface area contributed by atoms with Crippen LogP contribution >= 0.6 is 0 Å². The van der Waals surface area contributed by atoms with Crippen LogP contribution in [0.5, 0.6) is 5.75 Å². The molecule has 4 nitrogen and oxygen atoms in total. The van der Waals surface area contributed by atoms with Crippen molar-refractivity contribution in [2.45, 2.75) is 13.3 Å². The van der Waals surface area contributed by atoms with Gasteiger partial charge in [-0.15, -0.1) is 0 Å². The zero-order valence-electron chi connectivity index (χ0n) is 10.6. The molecule has 0 aliphatic carbocycles. The smallest absolute Gasteiger partial charge is 0.142 e. The van der Waals surface area contributed by atoms with Crippen LogP contribution in [0.2, 0.25) is 0 Å². The van der Waals surface area contributed by atoms with Gasteiger partial charge in [0.05, 0.1) is 25.5 Å². The molecule has 0 saturated carbocycles. The number of nitrogen functional groups attached to an aromatic ring is 1. The first-order valence-corrected chi connectivity index (χ1v) is 5.80. The Kier molecular flexibility index (Phi) is 6.43. The Bertz CT molecular complexity index is 328. The van der Waals surface area contributed by atoms with Gasteiger partial charge in [0.1, 0.15) is 5.75 Å². The number of benzene rings is 1. The fourth-order valence-electron chi connectivity index (χ4n) is 1.37. The molecule has 0 atom stereocenters. The van der Waals surface area contributed by atoms with Crippen LogP contribution in [-0.2, 0) is 9.47 Å². The summed E-state index contributed by atoms with van der Waals surface area (Å²) in [5, 5.41) is 0. The first-order chi connectivity index (χ1) is 8.25. The van der Waals surface area contributed by atoms with Gasteiger partial charge in [-0.05, 0) is 18.6 Å². The van der Waals surface area contributed by atoms with E-state index in [1.807, 2.05) is 25.1 Å². The molecule has 0 aliphatic heterocycles. The van der Waals surface area contributed by atoms with Gasteiger partial charge in [0.2, 0.25) is 0 Å². The standard InChI is InChI=1S/C13H21NO3/c1-11-5-3-6-12(13(11)14)17-8-4-7-16-10-9-15-2/h3,5-6H,4,7-10,14H2,1-2H3. The molecule has 96 valence electrons. The van der Waals surface area contributed by atoms with Crippen molar-refractivity contribution in [1.82, 2.24) is 0 Å². The molecule has 0 amide bonds. The van der Waals surface area contributed by atoms with E-state index in [0.29, 0.717) is 32.1 Å². The third kappa shape index (κ3) is 5.06. The predicted octanol–water partition coefficient (Wildman–Crippen LogP) is 2.01. The highest BCUT2D eigenvalue weighted by Crippen LogP contribution is 2.24. The first kappa shape index (κ1) is 13.8. The summed E-state index contributed by atoms with van der Waals surface area (Å²) in [6.07, 6.45) is 0.844. The number of hydrogen-bond acceptors (Lipinski definition) is 4.